The Kier molecular flexibility index (Phi) is 8.42. The molecule has 0 aliphatic rings. The molecular weight excluding hydrogens is 472 g/mol. The Morgan fingerprint density at radius 1 is 0.973 bits per heavy atom. The minimum atomic E-state index is -0.731. The third kappa shape index (κ3) is 6.20. The highest BCUT2D eigenvalue weighted by Crippen LogP contribution is 2.37. The summed E-state index contributed by atoms with van der Waals surface area (Å²) in [5, 5.41) is 0. The van der Waals surface area contributed by atoms with Crippen molar-refractivity contribution >= 4 is 17.7 Å². The van der Waals surface area contributed by atoms with Crippen molar-refractivity contribution in [3.63, 3.8) is 0 Å². The lowest BCUT2D eigenvalue weighted by Gasteiger charge is -2.29. The summed E-state index contributed by atoms with van der Waals surface area (Å²) >= 11 is 0. The lowest BCUT2D eigenvalue weighted by Crippen LogP contribution is -2.37. The minimum Gasteiger partial charge on any atom is -0.496 e. The number of aryl methyl sites for hydroxylation is 1. The van der Waals surface area contributed by atoms with Crippen LogP contribution < -0.4 is 14.4 Å². The Hall–Kier alpha value is -4.07. The highest BCUT2D eigenvalue weighted by molar-refractivity contribution is 5.98. The summed E-state index contributed by atoms with van der Waals surface area (Å²) in [5.41, 5.74) is 3.88. The second kappa shape index (κ2) is 11.3. The molecular formula is C29H34N2O6. The molecule has 37 heavy (non-hydrogen) atoms. The van der Waals surface area contributed by atoms with E-state index in [0.717, 1.165) is 11.1 Å². The summed E-state index contributed by atoms with van der Waals surface area (Å²) in [5.74, 6) is 0.715. The predicted octanol–water partition coefficient (Wildman–Crippen LogP) is 6.11. The van der Waals surface area contributed by atoms with Crippen molar-refractivity contribution in [1.29, 1.82) is 0 Å². The van der Waals surface area contributed by atoms with Gasteiger partial charge < -0.3 is 18.9 Å². The molecule has 8 nitrogen and oxygen atoms in total. The van der Waals surface area contributed by atoms with Gasteiger partial charge in [-0.2, -0.15) is 0 Å². The summed E-state index contributed by atoms with van der Waals surface area (Å²) in [6, 6.07) is 12.5. The molecule has 0 aliphatic carbocycles. The molecule has 0 saturated carbocycles. The first kappa shape index (κ1) is 27.5. The number of amides is 1. The molecule has 0 aliphatic heterocycles. The first-order valence-electron chi connectivity index (χ1n) is 11.9. The number of hydrogen-bond acceptors (Lipinski definition) is 7. The molecule has 196 valence electrons. The van der Waals surface area contributed by atoms with E-state index in [1.165, 1.54) is 19.1 Å². The fourth-order valence-electron chi connectivity index (χ4n) is 4.04. The molecule has 0 saturated heterocycles. The van der Waals surface area contributed by atoms with E-state index in [1.54, 1.807) is 37.6 Å². The van der Waals surface area contributed by atoms with Crippen LogP contribution >= 0.6 is 0 Å². The van der Waals surface area contributed by atoms with Gasteiger partial charge in [-0.25, -0.2) is 9.59 Å². The molecule has 0 radical (unpaired) electrons. The van der Waals surface area contributed by atoms with Crippen LogP contribution in [0.4, 0.5) is 10.5 Å². The van der Waals surface area contributed by atoms with Crippen LogP contribution in [0.3, 0.4) is 0 Å². The Balaban J connectivity index is 2.20. The van der Waals surface area contributed by atoms with Gasteiger partial charge in [-0.1, -0.05) is 24.3 Å². The van der Waals surface area contributed by atoms with Crippen LogP contribution in [0.25, 0.3) is 11.1 Å². The third-order valence-electron chi connectivity index (χ3n) is 5.78. The topological polar surface area (TPSA) is 87.2 Å². The van der Waals surface area contributed by atoms with Gasteiger partial charge in [0.2, 0.25) is 0 Å². The maximum absolute atomic E-state index is 13.5. The van der Waals surface area contributed by atoms with Gasteiger partial charge in [-0.05, 0) is 63.9 Å². The summed E-state index contributed by atoms with van der Waals surface area (Å²) in [6.07, 6.45) is 1.15. The molecule has 3 rings (SSSR count). The molecule has 0 spiro atoms. The van der Waals surface area contributed by atoms with Gasteiger partial charge in [0.05, 0.1) is 44.8 Å². The van der Waals surface area contributed by atoms with Crippen molar-refractivity contribution in [2.24, 2.45) is 0 Å². The number of carbonyl (C=O) groups is 2. The van der Waals surface area contributed by atoms with Crippen molar-refractivity contribution in [2.75, 3.05) is 26.2 Å². The molecule has 0 fully saturated rings. The lowest BCUT2D eigenvalue weighted by atomic mass is 9.98. The van der Waals surface area contributed by atoms with E-state index < -0.39 is 17.7 Å². The number of nitrogens with zero attached hydrogens (tertiary/aromatic N) is 2. The smallest absolute Gasteiger partial charge is 0.415 e. The van der Waals surface area contributed by atoms with E-state index in [-0.39, 0.29) is 6.54 Å². The molecule has 8 heteroatoms. The predicted molar refractivity (Wildman–Crippen MR) is 142 cm³/mol. The van der Waals surface area contributed by atoms with Gasteiger partial charge >= 0.3 is 12.1 Å². The Morgan fingerprint density at radius 3 is 2.30 bits per heavy atom. The van der Waals surface area contributed by atoms with Gasteiger partial charge in [0.15, 0.2) is 0 Å². The molecule has 0 bridgehead atoms. The van der Waals surface area contributed by atoms with E-state index in [0.29, 0.717) is 39.6 Å². The van der Waals surface area contributed by atoms with Gasteiger partial charge in [0, 0.05) is 17.3 Å². The maximum Gasteiger partial charge on any atom is 0.415 e. The number of rotatable bonds is 7. The monoisotopic (exact) mass is 506 g/mol. The zero-order valence-corrected chi connectivity index (χ0v) is 22.7. The molecule has 2 aromatic carbocycles. The highest BCUT2D eigenvalue weighted by Gasteiger charge is 2.28. The highest BCUT2D eigenvalue weighted by atomic mass is 16.6. The van der Waals surface area contributed by atoms with E-state index in [9.17, 15) is 9.59 Å². The average molecular weight is 507 g/mol. The summed E-state index contributed by atoms with van der Waals surface area (Å²) in [4.78, 5) is 32.0. The zero-order chi connectivity index (χ0) is 27.3. The van der Waals surface area contributed by atoms with Gasteiger partial charge in [0.25, 0.3) is 0 Å². The van der Waals surface area contributed by atoms with Crippen LogP contribution in [-0.4, -0.2) is 44.0 Å². The largest absolute Gasteiger partial charge is 0.496 e. The standard InChI is InChI=1S/C29H34N2O6/c1-18-16-30-23(19(2)26(18)35-7)17-31(28(33)37-29(3,4)5)24-15-20(13-14-25(24)34-6)21-11-9-10-12-22(21)27(32)36-8/h9-16H,17H2,1-8H3. The van der Waals surface area contributed by atoms with Crippen LogP contribution in [-0.2, 0) is 16.0 Å². The Labute approximate surface area is 218 Å². The second-order valence-electron chi connectivity index (χ2n) is 9.54. The third-order valence-corrected chi connectivity index (χ3v) is 5.78. The number of carbonyl (C=O) groups excluding carboxylic acids is 2. The molecule has 3 aromatic rings. The minimum absolute atomic E-state index is 0.107. The molecule has 1 aromatic heterocycles. The van der Waals surface area contributed by atoms with Crippen molar-refractivity contribution in [2.45, 2.75) is 46.8 Å². The van der Waals surface area contributed by atoms with Crippen LogP contribution in [0.2, 0.25) is 0 Å². The number of anilines is 1. The van der Waals surface area contributed by atoms with Crippen molar-refractivity contribution in [3.05, 3.63) is 71.0 Å². The van der Waals surface area contributed by atoms with E-state index in [1.807, 2.05) is 52.8 Å². The van der Waals surface area contributed by atoms with Gasteiger partial charge in [-0.3, -0.25) is 9.88 Å². The van der Waals surface area contributed by atoms with Crippen LogP contribution in [0.15, 0.2) is 48.7 Å². The van der Waals surface area contributed by atoms with Gasteiger partial charge in [0.1, 0.15) is 17.1 Å². The lowest BCUT2D eigenvalue weighted by molar-refractivity contribution is 0.0572. The number of benzene rings is 2. The quantitative estimate of drug-likeness (QED) is 0.357. The number of hydrogen-bond donors (Lipinski definition) is 0. The SMILES string of the molecule is COC(=O)c1ccccc1-c1ccc(OC)c(N(Cc2ncc(C)c(OC)c2C)C(=O)OC(C)(C)C)c1. The zero-order valence-electron chi connectivity index (χ0n) is 22.7. The molecule has 0 N–H and O–H groups in total. The van der Waals surface area contributed by atoms with Crippen molar-refractivity contribution in [3.8, 4) is 22.6 Å². The first-order valence-corrected chi connectivity index (χ1v) is 11.9. The van der Waals surface area contributed by atoms with Crippen LogP contribution in [0.5, 0.6) is 11.5 Å². The maximum atomic E-state index is 13.5. The number of pyridine rings is 1. The number of aromatic nitrogens is 1. The number of esters is 1. The molecule has 1 amide bonds. The first-order chi connectivity index (χ1) is 17.5. The van der Waals surface area contributed by atoms with E-state index in [4.69, 9.17) is 18.9 Å². The second-order valence-corrected chi connectivity index (χ2v) is 9.54. The Bertz CT molecular complexity index is 1300. The Morgan fingerprint density at radius 2 is 1.68 bits per heavy atom. The number of ether oxygens (including phenoxy) is 4. The summed E-state index contributed by atoms with van der Waals surface area (Å²) < 4.78 is 22.0. The van der Waals surface area contributed by atoms with E-state index >= 15 is 0 Å². The molecule has 0 unspecified atom stereocenters. The summed E-state index contributed by atoms with van der Waals surface area (Å²) in [6.45, 7) is 9.35. The fraction of sp³-hybridized carbons (Fsp3) is 0.345. The van der Waals surface area contributed by atoms with Crippen LogP contribution in [0.1, 0.15) is 48.0 Å². The normalized spacial score (nSPS) is 11.0. The summed E-state index contributed by atoms with van der Waals surface area (Å²) in [7, 11) is 4.48. The van der Waals surface area contributed by atoms with Crippen molar-refractivity contribution < 1.29 is 28.5 Å². The average Bonchev–Trinajstić information content (AvgIpc) is 2.86. The van der Waals surface area contributed by atoms with E-state index in [2.05, 4.69) is 4.98 Å². The number of methoxy groups -OCH3 is 3. The molecule has 0 atom stereocenters. The van der Waals surface area contributed by atoms with Crippen molar-refractivity contribution in [1.82, 2.24) is 4.98 Å². The van der Waals surface area contributed by atoms with Gasteiger partial charge in [-0.15, -0.1) is 0 Å². The molecule has 1 heterocycles. The van der Waals surface area contributed by atoms with Crippen LogP contribution in [0, 0.1) is 13.8 Å². The fourth-order valence-corrected chi connectivity index (χ4v) is 4.04.